The van der Waals surface area contributed by atoms with Gasteiger partial charge in [-0.05, 0) is 50.6 Å². The maximum absolute atomic E-state index is 12.0. The lowest BCUT2D eigenvalue weighted by Gasteiger charge is -2.15. The minimum Gasteiger partial charge on any atom is -0.493 e. The first-order chi connectivity index (χ1) is 12.0. The number of aryl methyl sites for hydroxylation is 1. The second kappa shape index (κ2) is 8.92. The lowest BCUT2D eigenvalue weighted by atomic mass is 10.1. The largest absolute Gasteiger partial charge is 0.493 e. The van der Waals surface area contributed by atoms with Gasteiger partial charge in [-0.25, -0.2) is 0 Å². The predicted molar refractivity (Wildman–Crippen MR) is 93.1 cm³/mol. The molecule has 0 saturated heterocycles. The molecule has 6 nitrogen and oxygen atoms in total. The summed E-state index contributed by atoms with van der Waals surface area (Å²) in [6.45, 7) is 3.29. The summed E-state index contributed by atoms with van der Waals surface area (Å²) >= 11 is 0. The molecule has 1 N–H and O–H groups in total. The fourth-order valence-electron chi connectivity index (χ4n) is 2.35. The Morgan fingerprint density at radius 2 is 2.04 bits per heavy atom. The van der Waals surface area contributed by atoms with Gasteiger partial charge < -0.3 is 19.2 Å². The van der Waals surface area contributed by atoms with Crippen molar-refractivity contribution in [2.45, 2.75) is 32.7 Å². The van der Waals surface area contributed by atoms with E-state index in [9.17, 15) is 9.59 Å². The molecule has 0 aliphatic heterocycles. The van der Waals surface area contributed by atoms with Crippen molar-refractivity contribution in [1.29, 1.82) is 0 Å². The Hall–Kier alpha value is -2.76. The van der Waals surface area contributed by atoms with Gasteiger partial charge in [0.2, 0.25) is 0 Å². The summed E-state index contributed by atoms with van der Waals surface area (Å²) in [6, 6.07) is 8.63. The fourth-order valence-corrected chi connectivity index (χ4v) is 2.35. The maximum Gasteiger partial charge on any atom is 0.258 e. The highest BCUT2D eigenvalue weighted by molar-refractivity contribution is 5.94. The lowest BCUT2D eigenvalue weighted by Crippen LogP contribution is -2.36. The van der Waals surface area contributed by atoms with E-state index in [0.29, 0.717) is 17.1 Å². The topological polar surface area (TPSA) is 77.8 Å². The van der Waals surface area contributed by atoms with Crippen LogP contribution in [0.4, 0.5) is 0 Å². The van der Waals surface area contributed by atoms with Gasteiger partial charge in [0.25, 0.3) is 5.91 Å². The number of nitrogens with one attached hydrogen (secondary N) is 1. The third-order valence-electron chi connectivity index (χ3n) is 3.74. The molecule has 2 aromatic rings. The Morgan fingerprint density at radius 3 is 2.68 bits per heavy atom. The average molecular weight is 345 g/mol. The zero-order valence-electron chi connectivity index (χ0n) is 14.7. The molecule has 2 rings (SSSR count). The molecule has 0 spiro atoms. The number of ketones is 1. The molecule has 25 heavy (non-hydrogen) atoms. The summed E-state index contributed by atoms with van der Waals surface area (Å²) < 4.78 is 16.0. The number of hydrogen-bond donors (Lipinski definition) is 1. The van der Waals surface area contributed by atoms with Gasteiger partial charge in [-0.2, -0.15) is 0 Å². The molecule has 0 saturated carbocycles. The van der Waals surface area contributed by atoms with E-state index < -0.39 is 0 Å². The van der Waals surface area contributed by atoms with Gasteiger partial charge in [-0.15, -0.1) is 0 Å². The summed E-state index contributed by atoms with van der Waals surface area (Å²) in [7, 11) is 1.49. The number of benzene rings is 1. The van der Waals surface area contributed by atoms with Gasteiger partial charge in [-0.3, -0.25) is 9.59 Å². The number of methoxy groups -OCH3 is 1. The van der Waals surface area contributed by atoms with Crippen molar-refractivity contribution in [3.63, 3.8) is 0 Å². The van der Waals surface area contributed by atoms with Crippen molar-refractivity contribution >= 4 is 11.7 Å². The number of carbonyl (C=O) groups is 2. The number of ether oxygens (including phenoxy) is 2. The Morgan fingerprint density at radius 1 is 1.24 bits per heavy atom. The molecule has 0 bridgehead atoms. The van der Waals surface area contributed by atoms with E-state index in [1.165, 1.54) is 14.0 Å². The van der Waals surface area contributed by atoms with E-state index in [4.69, 9.17) is 13.9 Å². The zero-order valence-corrected chi connectivity index (χ0v) is 14.7. The molecule has 1 aromatic heterocycles. The number of Topliss-reactive ketones (excluding diaryl/α,β-unsaturated/α-hetero) is 1. The Balaban J connectivity index is 1.81. The molecule has 1 atom stereocenters. The van der Waals surface area contributed by atoms with Crippen molar-refractivity contribution < 1.29 is 23.5 Å². The van der Waals surface area contributed by atoms with Crippen molar-refractivity contribution in [2.75, 3.05) is 13.7 Å². The molecule has 1 heterocycles. The van der Waals surface area contributed by atoms with Crippen LogP contribution in [-0.4, -0.2) is 31.4 Å². The Kier molecular flexibility index (Phi) is 6.62. The molecule has 0 aliphatic carbocycles. The maximum atomic E-state index is 12.0. The van der Waals surface area contributed by atoms with Crippen LogP contribution < -0.4 is 14.8 Å². The number of rotatable bonds is 9. The third-order valence-corrected chi connectivity index (χ3v) is 3.74. The molecule has 1 amide bonds. The van der Waals surface area contributed by atoms with Crippen LogP contribution in [0.5, 0.6) is 11.5 Å². The second-order valence-electron chi connectivity index (χ2n) is 5.80. The van der Waals surface area contributed by atoms with Crippen molar-refractivity contribution in [3.05, 3.63) is 47.9 Å². The molecular formula is C19H23NO5. The summed E-state index contributed by atoms with van der Waals surface area (Å²) in [5.41, 5.74) is 0.528. The molecule has 0 unspecified atom stereocenters. The molecular weight excluding hydrogens is 322 g/mol. The van der Waals surface area contributed by atoms with Crippen LogP contribution in [0.1, 0.15) is 36.4 Å². The van der Waals surface area contributed by atoms with E-state index in [2.05, 4.69) is 5.32 Å². The minimum atomic E-state index is -0.218. The molecule has 0 fully saturated rings. The van der Waals surface area contributed by atoms with Crippen LogP contribution in [0.2, 0.25) is 0 Å². The fraction of sp³-hybridized carbons (Fsp3) is 0.368. The third kappa shape index (κ3) is 5.67. The number of hydrogen-bond acceptors (Lipinski definition) is 5. The van der Waals surface area contributed by atoms with Crippen LogP contribution in [0, 0.1) is 0 Å². The Labute approximate surface area is 147 Å². The van der Waals surface area contributed by atoms with E-state index in [1.54, 1.807) is 24.5 Å². The van der Waals surface area contributed by atoms with Crippen molar-refractivity contribution in [3.8, 4) is 11.5 Å². The van der Waals surface area contributed by atoms with Gasteiger partial charge in [0.15, 0.2) is 23.9 Å². The highest BCUT2D eigenvalue weighted by Gasteiger charge is 2.12. The van der Waals surface area contributed by atoms with E-state index >= 15 is 0 Å². The monoisotopic (exact) mass is 345 g/mol. The van der Waals surface area contributed by atoms with Gasteiger partial charge in [-0.1, -0.05) is 0 Å². The van der Waals surface area contributed by atoms with Crippen LogP contribution in [0.3, 0.4) is 0 Å². The predicted octanol–water partition coefficient (Wildman–Crippen LogP) is 3.01. The van der Waals surface area contributed by atoms with Gasteiger partial charge in [0.1, 0.15) is 5.76 Å². The van der Waals surface area contributed by atoms with Crippen LogP contribution in [0.15, 0.2) is 41.0 Å². The molecule has 0 radical (unpaired) electrons. The Bertz CT molecular complexity index is 709. The van der Waals surface area contributed by atoms with Crippen LogP contribution in [-0.2, 0) is 11.2 Å². The normalized spacial score (nSPS) is 11.6. The molecule has 0 aliphatic rings. The van der Waals surface area contributed by atoms with Crippen molar-refractivity contribution in [1.82, 2.24) is 5.32 Å². The smallest absolute Gasteiger partial charge is 0.258 e. The standard InChI is InChI=1S/C19H23NO5/c1-13(6-8-16-5-4-10-24-16)20-19(22)12-25-17-9-7-15(14(2)21)11-18(17)23-3/h4-5,7,9-11,13H,6,8,12H2,1-3H3,(H,20,22)/t13-/m1/s1. The second-order valence-corrected chi connectivity index (χ2v) is 5.80. The highest BCUT2D eigenvalue weighted by Crippen LogP contribution is 2.28. The molecule has 6 heteroatoms. The van der Waals surface area contributed by atoms with Gasteiger partial charge >= 0.3 is 0 Å². The first kappa shape index (κ1) is 18.6. The minimum absolute atomic E-state index is 0.00295. The first-order valence-corrected chi connectivity index (χ1v) is 8.13. The SMILES string of the molecule is COc1cc(C(C)=O)ccc1OCC(=O)N[C@H](C)CCc1ccco1. The van der Waals surface area contributed by atoms with E-state index in [-0.39, 0.29) is 24.3 Å². The zero-order chi connectivity index (χ0) is 18.2. The number of carbonyl (C=O) groups excluding carboxylic acids is 2. The first-order valence-electron chi connectivity index (χ1n) is 8.13. The molecule has 134 valence electrons. The van der Waals surface area contributed by atoms with Crippen LogP contribution in [0.25, 0.3) is 0 Å². The van der Waals surface area contributed by atoms with E-state index in [0.717, 1.165) is 18.6 Å². The molecule has 1 aromatic carbocycles. The van der Waals surface area contributed by atoms with E-state index in [1.807, 2.05) is 19.1 Å². The van der Waals surface area contributed by atoms with Gasteiger partial charge in [0.05, 0.1) is 13.4 Å². The quantitative estimate of drug-likeness (QED) is 0.707. The number of furan rings is 1. The lowest BCUT2D eigenvalue weighted by molar-refractivity contribution is -0.123. The average Bonchev–Trinajstić information content (AvgIpc) is 3.11. The van der Waals surface area contributed by atoms with Gasteiger partial charge in [0, 0.05) is 18.0 Å². The summed E-state index contributed by atoms with van der Waals surface area (Å²) in [5, 5.41) is 2.88. The van der Waals surface area contributed by atoms with Crippen LogP contribution >= 0.6 is 0 Å². The summed E-state index contributed by atoms with van der Waals surface area (Å²) in [4.78, 5) is 23.4. The summed E-state index contributed by atoms with van der Waals surface area (Å²) in [5.74, 6) is 1.46. The van der Waals surface area contributed by atoms with Crippen molar-refractivity contribution in [2.24, 2.45) is 0 Å². The number of amides is 1. The highest BCUT2D eigenvalue weighted by atomic mass is 16.5. The summed E-state index contributed by atoms with van der Waals surface area (Å²) in [6.07, 6.45) is 3.17.